The van der Waals surface area contributed by atoms with Crippen LogP contribution >= 0.6 is 0 Å². The smallest absolute Gasteiger partial charge is 0.310 e. The first-order valence-electron chi connectivity index (χ1n) is 8.06. The van der Waals surface area contributed by atoms with Crippen LogP contribution in [0.15, 0.2) is 0 Å². The zero-order chi connectivity index (χ0) is 16.5. The summed E-state index contributed by atoms with van der Waals surface area (Å²) in [6.45, 7) is 4.37. The quantitative estimate of drug-likeness (QED) is 0.720. The van der Waals surface area contributed by atoms with Crippen LogP contribution in [0.1, 0.15) is 46.0 Å². The first-order chi connectivity index (χ1) is 10.5. The fourth-order valence-corrected chi connectivity index (χ4v) is 2.87. The van der Waals surface area contributed by atoms with Gasteiger partial charge in [0, 0.05) is 32.5 Å². The molecule has 0 bridgehead atoms. The lowest BCUT2D eigenvalue weighted by atomic mass is 9.88. The number of amides is 2. The maximum atomic E-state index is 12.7. The highest BCUT2D eigenvalue weighted by Crippen LogP contribution is 2.25. The molecule has 1 aliphatic rings. The van der Waals surface area contributed by atoms with Crippen molar-refractivity contribution in [3.63, 3.8) is 0 Å². The van der Waals surface area contributed by atoms with Crippen LogP contribution in [0.4, 0.5) is 0 Å². The van der Waals surface area contributed by atoms with Gasteiger partial charge in [0.15, 0.2) is 0 Å². The standard InChI is InChI=1S/C16H28N2O4/c1-12(16(21)22-3)11-18(10-9-17-13(2)19)15(20)14-7-5-4-6-8-14/h12,14H,4-11H2,1-3H3,(H,17,19). The highest BCUT2D eigenvalue weighted by molar-refractivity contribution is 5.80. The third kappa shape index (κ3) is 6.03. The molecule has 0 aromatic heterocycles. The van der Waals surface area contributed by atoms with Crippen LogP contribution in [-0.4, -0.2) is 49.4 Å². The number of hydrogen-bond acceptors (Lipinski definition) is 4. The van der Waals surface area contributed by atoms with Gasteiger partial charge in [-0.3, -0.25) is 14.4 Å². The molecule has 0 aromatic rings. The van der Waals surface area contributed by atoms with Crippen molar-refractivity contribution in [1.82, 2.24) is 10.2 Å². The Bertz CT molecular complexity index is 392. The molecule has 0 aromatic carbocycles. The Morgan fingerprint density at radius 1 is 1.23 bits per heavy atom. The Morgan fingerprint density at radius 3 is 2.41 bits per heavy atom. The topological polar surface area (TPSA) is 75.7 Å². The number of esters is 1. The maximum Gasteiger partial charge on any atom is 0.310 e. The van der Waals surface area contributed by atoms with Crippen LogP contribution in [-0.2, 0) is 19.1 Å². The van der Waals surface area contributed by atoms with Crippen molar-refractivity contribution in [3.8, 4) is 0 Å². The Labute approximate surface area is 132 Å². The third-order valence-electron chi connectivity index (χ3n) is 4.12. The lowest BCUT2D eigenvalue weighted by Gasteiger charge is -2.30. The van der Waals surface area contributed by atoms with Crippen LogP contribution in [0.2, 0.25) is 0 Å². The van der Waals surface area contributed by atoms with Gasteiger partial charge in [-0.05, 0) is 12.8 Å². The normalized spacial score (nSPS) is 16.7. The first-order valence-corrected chi connectivity index (χ1v) is 8.06. The van der Waals surface area contributed by atoms with E-state index in [2.05, 4.69) is 5.32 Å². The van der Waals surface area contributed by atoms with E-state index in [1.165, 1.54) is 20.5 Å². The van der Waals surface area contributed by atoms with Crippen molar-refractivity contribution in [1.29, 1.82) is 0 Å². The molecule has 0 spiro atoms. The van der Waals surface area contributed by atoms with Gasteiger partial charge in [-0.25, -0.2) is 0 Å². The molecule has 6 heteroatoms. The van der Waals surface area contributed by atoms with Crippen LogP contribution in [0.25, 0.3) is 0 Å². The van der Waals surface area contributed by atoms with Gasteiger partial charge in [0.05, 0.1) is 13.0 Å². The molecule has 2 amide bonds. The van der Waals surface area contributed by atoms with E-state index in [0.29, 0.717) is 19.6 Å². The van der Waals surface area contributed by atoms with E-state index in [4.69, 9.17) is 4.74 Å². The highest BCUT2D eigenvalue weighted by Gasteiger charge is 2.28. The van der Waals surface area contributed by atoms with E-state index < -0.39 is 0 Å². The predicted molar refractivity (Wildman–Crippen MR) is 83.0 cm³/mol. The molecule has 126 valence electrons. The number of methoxy groups -OCH3 is 1. The average molecular weight is 312 g/mol. The number of carbonyl (C=O) groups is 3. The van der Waals surface area contributed by atoms with Crippen LogP contribution < -0.4 is 5.32 Å². The van der Waals surface area contributed by atoms with Gasteiger partial charge in [0.25, 0.3) is 0 Å². The SMILES string of the molecule is COC(=O)C(C)CN(CCNC(C)=O)C(=O)C1CCCCC1. The molecule has 1 saturated carbocycles. The second-order valence-electron chi connectivity index (χ2n) is 6.03. The van der Waals surface area contributed by atoms with Gasteiger partial charge in [-0.2, -0.15) is 0 Å². The van der Waals surface area contributed by atoms with E-state index >= 15 is 0 Å². The molecular formula is C16H28N2O4. The van der Waals surface area contributed by atoms with E-state index in [1.807, 2.05) is 0 Å². The summed E-state index contributed by atoms with van der Waals surface area (Å²) in [5.74, 6) is -0.654. The average Bonchev–Trinajstić information content (AvgIpc) is 2.52. The summed E-state index contributed by atoms with van der Waals surface area (Å²) in [5, 5.41) is 2.70. The van der Waals surface area contributed by atoms with Crippen LogP contribution in [0.3, 0.4) is 0 Å². The van der Waals surface area contributed by atoms with Gasteiger partial charge in [-0.15, -0.1) is 0 Å². The Morgan fingerprint density at radius 2 is 1.86 bits per heavy atom. The lowest BCUT2D eigenvalue weighted by Crippen LogP contribution is -2.44. The third-order valence-corrected chi connectivity index (χ3v) is 4.12. The molecule has 1 N–H and O–H groups in total. The van der Waals surface area contributed by atoms with E-state index in [9.17, 15) is 14.4 Å². The molecule has 1 rings (SSSR count). The minimum absolute atomic E-state index is 0.0518. The van der Waals surface area contributed by atoms with Gasteiger partial charge >= 0.3 is 5.97 Å². The number of nitrogens with one attached hydrogen (secondary N) is 1. The zero-order valence-electron chi connectivity index (χ0n) is 13.9. The summed E-state index contributed by atoms with van der Waals surface area (Å²) in [6, 6.07) is 0. The molecule has 0 heterocycles. The molecule has 0 saturated heterocycles. The molecule has 0 radical (unpaired) electrons. The van der Waals surface area contributed by atoms with Crippen LogP contribution in [0.5, 0.6) is 0 Å². The van der Waals surface area contributed by atoms with Crippen molar-refractivity contribution in [2.45, 2.75) is 46.0 Å². The second-order valence-corrected chi connectivity index (χ2v) is 6.03. The van der Waals surface area contributed by atoms with E-state index in [-0.39, 0.29) is 29.6 Å². The molecule has 1 unspecified atom stereocenters. The Hall–Kier alpha value is -1.59. The second kappa shape index (κ2) is 9.43. The summed E-state index contributed by atoms with van der Waals surface area (Å²) in [4.78, 5) is 37.0. The number of hydrogen-bond donors (Lipinski definition) is 1. The van der Waals surface area contributed by atoms with Gasteiger partial charge in [0.1, 0.15) is 0 Å². The molecule has 22 heavy (non-hydrogen) atoms. The molecule has 0 aliphatic heterocycles. The largest absolute Gasteiger partial charge is 0.469 e. The number of nitrogens with zero attached hydrogens (tertiary/aromatic N) is 1. The summed E-state index contributed by atoms with van der Waals surface area (Å²) < 4.78 is 4.73. The molecular weight excluding hydrogens is 284 g/mol. The van der Waals surface area contributed by atoms with E-state index in [0.717, 1.165) is 25.7 Å². The summed E-state index contributed by atoms with van der Waals surface area (Å²) in [6.07, 6.45) is 5.20. The van der Waals surface area contributed by atoms with Crippen molar-refractivity contribution in [2.24, 2.45) is 11.8 Å². The first kappa shape index (κ1) is 18.5. The number of carbonyl (C=O) groups excluding carboxylic acids is 3. The maximum absolute atomic E-state index is 12.7. The summed E-state index contributed by atoms with van der Waals surface area (Å²) in [7, 11) is 1.35. The highest BCUT2D eigenvalue weighted by atomic mass is 16.5. The van der Waals surface area contributed by atoms with Crippen molar-refractivity contribution in [2.75, 3.05) is 26.7 Å². The molecule has 1 fully saturated rings. The zero-order valence-corrected chi connectivity index (χ0v) is 13.9. The summed E-state index contributed by atoms with van der Waals surface area (Å²) in [5.41, 5.74) is 0. The Balaban J connectivity index is 2.64. The predicted octanol–water partition coefficient (Wildman–Crippen LogP) is 1.34. The van der Waals surface area contributed by atoms with Gasteiger partial charge in [-0.1, -0.05) is 26.2 Å². The van der Waals surface area contributed by atoms with Gasteiger partial charge < -0.3 is 15.0 Å². The van der Waals surface area contributed by atoms with Crippen LogP contribution in [0, 0.1) is 11.8 Å². The molecule has 6 nitrogen and oxygen atoms in total. The number of ether oxygens (including phenoxy) is 1. The fraction of sp³-hybridized carbons (Fsp3) is 0.812. The Kier molecular flexibility index (Phi) is 7.91. The van der Waals surface area contributed by atoms with E-state index in [1.54, 1.807) is 11.8 Å². The fourth-order valence-electron chi connectivity index (χ4n) is 2.87. The van der Waals surface area contributed by atoms with Crippen molar-refractivity contribution < 1.29 is 19.1 Å². The van der Waals surface area contributed by atoms with Crippen molar-refractivity contribution >= 4 is 17.8 Å². The molecule has 1 atom stereocenters. The lowest BCUT2D eigenvalue weighted by molar-refractivity contribution is -0.147. The minimum atomic E-state index is -0.366. The van der Waals surface area contributed by atoms with Crippen molar-refractivity contribution in [3.05, 3.63) is 0 Å². The molecule has 1 aliphatic carbocycles. The number of rotatable bonds is 7. The minimum Gasteiger partial charge on any atom is -0.469 e. The van der Waals surface area contributed by atoms with Gasteiger partial charge in [0.2, 0.25) is 11.8 Å². The summed E-state index contributed by atoms with van der Waals surface area (Å²) >= 11 is 0. The monoisotopic (exact) mass is 312 g/mol.